The maximum atomic E-state index is 12.9. The Bertz CT molecular complexity index is 997. The van der Waals surface area contributed by atoms with Crippen LogP contribution in [-0.4, -0.2) is 42.7 Å². The lowest BCUT2D eigenvalue weighted by Gasteiger charge is -2.22. The second-order valence-electron chi connectivity index (χ2n) is 6.72. The number of benzene rings is 1. The number of carbonyl (C=O) groups excluding carboxylic acids is 2. The Morgan fingerprint density at radius 1 is 1.27 bits per heavy atom. The Morgan fingerprint density at radius 3 is 2.80 bits per heavy atom. The van der Waals surface area contributed by atoms with E-state index >= 15 is 0 Å². The van der Waals surface area contributed by atoms with Crippen molar-refractivity contribution in [1.82, 2.24) is 4.98 Å². The fourth-order valence-corrected chi connectivity index (χ4v) is 4.22. The van der Waals surface area contributed by atoms with Crippen LogP contribution in [0, 0.1) is 0 Å². The molecule has 1 amide bonds. The van der Waals surface area contributed by atoms with E-state index in [1.807, 2.05) is 29.6 Å². The SMILES string of the molecule is O=C(OCC(=O)N(C[C@H]1CCCO1)c1nc(-c2ccc(Br)cc2)cs1)c1ccco1. The molecule has 1 aliphatic rings. The van der Waals surface area contributed by atoms with Crippen LogP contribution in [0.5, 0.6) is 0 Å². The molecule has 0 N–H and O–H groups in total. The number of esters is 1. The van der Waals surface area contributed by atoms with Gasteiger partial charge in [0.15, 0.2) is 11.7 Å². The van der Waals surface area contributed by atoms with Crippen LogP contribution in [-0.2, 0) is 14.3 Å². The summed E-state index contributed by atoms with van der Waals surface area (Å²) in [6.45, 7) is 0.645. The minimum Gasteiger partial charge on any atom is -0.457 e. The third kappa shape index (κ3) is 4.97. The molecule has 1 saturated heterocycles. The molecule has 2 aromatic heterocycles. The molecule has 7 nitrogen and oxygen atoms in total. The number of nitrogens with zero attached hydrogens (tertiary/aromatic N) is 2. The highest BCUT2D eigenvalue weighted by Gasteiger charge is 2.27. The number of rotatable bonds is 7. The van der Waals surface area contributed by atoms with Crippen LogP contribution in [0.15, 0.2) is 56.9 Å². The Balaban J connectivity index is 1.49. The van der Waals surface area contributed by atoms with Gasteiger partial charge in [-0.05, 0) is 37.1 Å². The molecule has 0 unspecified atom stereocenters. The highest BCUT2D eigenvalue weighted by atomic mass is 79.9. The van der Waals surface area contributed by atoms with E-state index in [2.05, 4.69) is 20.9 Å². The van der Waals surface area contributed by atoms with Crippen molar-refractivity contribution in [2.24, 2.45) is 0 Å². The van der Waals surface area contributed by atoms with Crippen molar-refractivity contribution in [3.63, 3.8) is 0 Å². The molecule has 4 rings (SSSR count). The first-order valence-corrected chi connectivity index (χ1v) is 11.1. The average Bonchev–Trinajstić information content (AvgIpc) is 3.53. The molecule has 0 aliphatic carbocycles. The van der Waals surface area contributed by atoms with Crippen molar-refractivity contribution in [2.45, 2.75) is 18.9 Å². The first-order valence-electron chi connectivity index (χ1n) is 9.44. The zero-order valence-corrected chi connectivity index (χ0v) is 18.4. The van der Waals surface area contributed by atoms with E-state index in [1.165, 1.54) is 23.7 Å². The van der Waals surface area contributed by atoms with Crippen LogP contribution in [0.25, 0.3) is 11.3 Å². The van der Waals surface area contributed by atoms with Gasteiger partial charge in [0.05, 0.1) is 24.6 Å². The van der Waals surface area contributed by atoms with Crippen molar-refractivity contribution < 1.29 is 23.5 Å². The fraction of sp³-hybridized carbons (Fsp3) is 0.286. The van der Waals surface area contributed by atoms with E-state index in [0.717, 1.165) is 28.6 Å². The molecule has 30 heavy (non-hydrogen) atoms. The van der Waals surface area contributed by atoms with Crippen molar-refractivity contribution in [3.8, 4) is 11.3 Å². The van der Waals surface area contributed by atoms with E-state index in [4.69, 9.17) is 13.9 Å². The number of furan rings is 1. The summed E-state index contributed by atoms with van der Waals surface area (Å²) in [6.07, 6.45) is 3.15. The number of hydrogen-bond acceptors (Lipinski definition) is 7. The fourth-order valence-electron chi connectivity index (χ4n) is 3.09. The standard InChI is InChI=1S/C21H19BrN2O5S/c22-15-7-5-14(6-8-15)17-13-30-21(23-17)24(11-16-3-1-9-27-16)19(25)12-29-20(26)18-4-2-10-28-18/h2,4-8,10,13,16H,1,3,9,11-12H2/t16-/m1/s1. The molecule has 9 heteroatoms. The zero-order valence-electron chi connectivity index (χ0n) is 16.0. The molecule has 1 aliphatic heterocycles. The summed E-state index contributed by atoms with van der Waals surface area (Å²) in [6, 6.07) is 10.9. The highest BCUT2D eigenvalue weighted by Crippen LogP contribution is 2.29. The third-order valence-electron chi connectivity index (χ3n) is 4.62. The van der Waals surface area contributed by atoms with Gasteiger partial charge in [0.1, 0.15) is 0 Å². The average molecular weight is 491 g/mol. The number of carbonyl (C=O) groups is 2. The van der Waals surface area contributed by atoms with Gasteiger partial charge in [0.2, 0.25) is 5.76 Å². The molecule has 0 bridgehead atoms. The second-order valence-corrected chi connectivity index (χ2v) is 8.47. The molecule has 3 heterocycles. The van der Waals surface area contributed by atoms with E-state index in [9.17, 15) is 9.59 Å². The smallest absolute Gasteiger partial charge is 0.374 e. The lowest BCUT2D eigenvalue weighted by atomic mass is 10.2. The molecule has 0 spiro atoms. The van der Waals surface area contributed by atoms with E-state index in [-0.39, 0.29) is 17.8 Å². The van der Waals surface area contributed by atoms with Gasteiger partial charge in [-0.25, -0.2) is 9.78 Å². The van der Waals surface area contributed by atoms with Crippen LogP contribution >= 0.6 is 27.3 Å². The van der Waals surface area contributed by atoms with Crippen LogP contribution < -0.4 is 4.90 Å². The van der Waals surface area contributed by atoms with Crippen LogP contribution in [0.2, 0.25) is 0 Å². The molecule has 156 valence electrons. The Labute approximate surface area is 185 Å². The van der Waals surface area contributed by atoms with Gasteiger partial charge in [0.25, 0.3) is 5.91 Å². The zero-order chi connectivity index (χ0) is 20.9. The normalized spacial score (nSPS) is 15.8. The van der Waals surface area contributed by atoms with Crippen LogP contribution in [0.1, 0.15) is 23.4 Å². The minimum absolute atomic E-state index is 0.0558. The summed E-state index contributed by atoms with van der Waals surface area (Å²) in [5.74, 6) is -0.984. The molecule has 1 atom stereocenters. The Morgan fingerprint density at radius 2 is 2.10 bits per heavy atom. The monoisotopic (exact) mass is 490 g/mol. The number of amides is 1. The third-order valence-corrected chi connectivity index (χ3v) is 6.02. The molecular weight excluding hydrogens is 472 g/mol. The van der Waals surface area contributed by atoms with Gasteiger partial charge in [-0.2, -0.15) is 0 Å². The molecule has 0 radical (unpaired) electrons. The summed E-state index contributed by atoms with van der Waals surface area (Å²) >= 11 is 4.79. The van der Waals surface area contributed by atoms with Crippen LogP contribution in [0.3, 0.4) is 0 Å². The van der Waals surface area contributed by atoms with E-state index in [0.29, 0.717) is 18.3 Å². The first kappa shape index (κ1) is 20.8. The number of anilines is 1. The molecule has 1 aromatic carbocycles. The quantitative estimate of drug-likeness (QED) is 0.452. The lowest BCUT2D eigenvalue weighted by molar-refractivity contribution is -0.122. The highest BCUT2D eigenvalue weighted by molar-refractivity contribution is 9.10. The van der Waals surface area contributed by atoms with E-state index < -0.39 is 12.6 Å². The predicted molar refractivity (Wildman–Crippen MR) is 116 cm³/mol. The first-order chi connectivity index (χ1) is 14.6. The molecule has 0 saturated carbocycles. The van der Waals surface area contributed by atoms with Crippen LogP contribution in [0.4, 0.5) is 5.13 Å². The topological polar surface area (TPSA) is 81.9 Å². The summed E-state index contributed by atoms with van der Waals surface area (Å²) in [7, 11) is 0. The lowest BCUT2D eigenvalue weighted by Crippen LogP contribution is -2.40. The number of hydrogen-bond donors (Lipinski definition) is 0. The summed E-state index contributed by atoms with van der Waals surface area (Å²) in [4.78, 5) is 31.1. The molecule has 1 fully saturated rings. The predicted octanol–water partition coefficient (Wildman–Crippen LogP) is 4.53. The van der Waals surface area contributed by atoms with Gasteiger partial charge in [-0.15, -0.1) is 11.3 Å². The van der Waals surface area contributed by atoms with Gasteiger partial charge in [-0.1, -0.05) is 28.1 Å². The summed E-state index contributed by atoms with van der Waals surface area (Å²) < 4.78 is 16.8. The van der Waals surface area contributed by atoms with E-state index in [1.54, 1.807) is 11.0 Å². The number of halogens is 1. The van der Waals surface area contributed by atoms with Gasteiger partial charge in [0, 0.05) is 22.0 Å². The van der Waals surface area contributed by atoms with Crippen molar-refractivity contribution in [2.75, 3.05) is 24.7 Å². The summed E-state index contributed by atoms with van der Waals surface area (Å²) in [5, 5.41) is 2.45. The molecule has 3 aromatic rings. The second kappa shape index (κ2) is 9.55. The summed E-state index contributed by atoms with van der Waals surface area (Å²) in [5.41, 5.74) is 1.73. The van der Waals surface area contributed by atoms with Crippen molar-refractivity contribution >= 4 is 44.3 Å². The van der Waals surface area contributed by atoms with Crippen molar-refractivity contribution in [3.05, 3.63) is 58.3 Å². The van der Waals surface area contributed by atoms with Crippen molar-refractivity contribution in [1.29, 1.82) is 0 Å². The Hall–Kier alpha value is -2.49. The van der Waals surface area contributed by atoms with Gasteiger partial charge in [-0.3, -0.25) is 9.69 Å². The van der Waals surface area contributed by atoms with Gasteiger partial charge >= 0.3 is 5.97 Å². The van der Waals surface area contributed by atoms with Gasteiger partial charge < -0.3 is 13.9 Å². The number of aromatic nitrogens is 1. The largest absolute Gasteiger partial charge is 0.457 e. The Kier molecular flexibility index (Phi) is 6.61. The number of thiazole rings is 1. The maximum Gasteiger partial charge on any atom is 0.374 e. The maximum absolute atomic E-state index is 12.9. The number of ether oxygens (including phenoxy) is 2. The molecular formula is C21H19BrN2O5S. The minimum atomic E-state index is -0.680.